The Labute approximate surface area is 544 Å². The van der Waals surface area contributed by atoms with Gasteiger partial charge in [0.25, 0.3) is 0 Å². The molecule has 8 nitrogen and oxygen atoms in total. The molecule has 0 aliphatic carbocycles. The second-order valence-corrected chi connectivity index (χ2v) is 26.7. The number of nitrogens with one attached hydrogen (secondary N) is 1. The molecule has 0 aromatic carbocycles. The standard InChI is InChI=1S/C79H137N2O6P/c1-6-8-10-12-14-16-18-20-22-24-26-28-30-32-34-36-37-38-39-40-41-42-43-45-47-49-51-53-55-57-59-61-63-65-67-69-71-73-79(83)80-77(76-87-88(84,85)86-75-74-81(3,4)5)78(82)72-70-68-66-64-62-60-58-56-54-52-50-48-46-44-35-33-31-29-27-25-23-21-19-17-15-13-11-9-7-2/h8,10,14,16,20,22,26,28,32,34,37-38,40-41,43,45,49,51,54,56,62,64,70,72,77-78,82H,6-7,9,11-13,15,17-19,21,23-25,27,29-31,33,35-36,39,42,44,46-48,50,52-53,55,57-61,63,65-69,71,73-76H2,1-5H3,(H-,80,83,84,85)/p+1/b10-8-,16-14-,22-20-,28-26-,34-32-,38-37-,41-40-,45-43-,51-49-,56-54+,64-62+,72-70+. The van der Waals surface area contributed by atoms with Crippen LogP contribution in [-0.2, 0) is 18.4 Å². The van der Waals surface area contributed by atoms with Crippen molar-refractivity contribution in [2.24, 2.45) is 0 Å². The number of likely N-dealkylation sites (N-methyl/N-ethyl adjacent to an activating group) is 1. The van der Waals surface area contributed by atoms with Gasteiger partial charge in [-0.2, -0.15) is 0 Å². The van der Waals surface area contributed by atoms with Gasteiger partial charge in [0, 0.05) is 6.42 Å². The van der Waals surface area contributed by atoms with E-state index in [0.29, 0.717) is 17.4 Å². The number of rotatable bonds is 65. The van der Waals surface area contributed by atoms with E-state index in [4.69, 9.17) is 9.05 Å². The van der Waals surface area contributed by atoms with Crippen molar-refractivity contribution in [3.05, 3.63) is 146 Å². The van der Waals surface area contributed by atoms with Crippen LogP contribution < -0.4 is 5.32 Å². The van der Waals surface area contributed by atoms with Crippen molar-refractivity contribution in [3.8, 4) is 0 Å². The van der Waals surface area contributed by atoms with Gasteiger partial charge in [0.15, 0.2) is 0 Å². The van der Waals surface area contributed by atoms with Crippen LogP contribution in [0.2, 0.25) is 0 Å². The van der Waals surface area contributed by atoms with E-state index in [2.05, 4.69) is 153 Å². The zero-order chi connectivity index (χ0) is 64.1. The van der Waals surface area contributed by atoms with Crippen molar-refractivity contribution >= 4 is 13.7 Å². The number of phosphoric acid groups is 1. The van der Waals surface area contributed by atoms with E-state index in [-0.39, 0.29) is 19.1 Å². The molecule has 0 radical (unpaired) electrons. The predicted molar refractivity (Wildman–Crippen MR) is 387 cm³/mol. The summed E-state index contributed by atoms with van der Waals surface area (Å²) in [5.41, 5.74) is 0. The van der Waals surface area contributed by atoms with Crippen LogP contribution in [0, 0.1) is 0 Å². The average molecular weight is 1240 g/mol. The number of unbranched alkanes of at least 4 members (excludes halogenated alkanes) is 30. The minimum absolute atomic E-state index is 0.0453. The maximum absolute atomic E-state index is 13.1. The average Bonchev–Trinajstić information content (AvgIpc) is 3.70. The van der Waals surface area contributed by atoms with Crippen LogP contribution in [0.1, 0.15) is 296 Å². The molecule has 0 aromatic rings. The Balaban J connectivity index is 4.19. The first-order valence-electron chi connectivity index (χ1n) is 36.2. The van der Waals surface area contributed by atoms with E-state index in [9.17, 15) is 19.4 Å². The van der Waals surface area contributed by atoms with Gasteiger partial charge in [0.2, 0.25) is 5.91 Å². The largest absolute Gasteiger partial charge is 0.472 e. The number of hydrogen-bond acceptors (Lipinski definition) is 5. The maximum Gasteiger partial charge on any atom is 0.472 e. The number of phosphoric ester groups is 1. The van der Waals surface area contributed by atoms with Gasteiger partial charge in [-0.25, -0.2) is 4.57 Å². The summed E-state index contributed by atoms with van der Waals surface area (Å²) in [5, 5.41) is 14.0. The van der Waals surface area contributed by atoms with E-state index in [1.807, 2.05) is 27.2 Å². The highest BCUT2D eigenvalue weighted by molar-refractivity contribution is 7.47. The molecule has 0 spiro atoms. The SMILES string of the molecule is CC/C=C\C/C=C\C/C=C\C/C=C\C/C=C\C/C=C\C/C=C\C/C=C\C/C=C\CCCCCCCCCCCC(=O)NC(COP(=O)(O)OCC[N+](C)(C)C)C(O)/C=C/CC/C=C/CC/C=C/CCCCCCCCCCCCCCCCCCCCC. The van der Waals surface area contributed by atoms with E-state index >= 15 is 0 Å². The molecule has 88 heavy (non-hydrogen) atoms. The van der Waals surface area contributed by atoms with Crippen LogP contribution in [0.15, 0.2) is 146 Å². The highest BCUT2D eigenvalue weighted by atomic mass is 31.2. The Kier molecular flexibility index (Phi) is 65.0. The number of carbonyl (C=O) groups is 1. The summed E-state index contributed by atoms with van der Waals surface area (Å²) < 4.78 is 23.8. The van der Waals surface area contributed by atoms with Crippen LogP contribution in [0.4, 0.5) is 0 Å². The van der Waals surface area contributed by atoms with Crippen LogP contribution in [0.5, 0.6) is 0 Å². The summed E-state index contributed by atoms with van der Waals surface area (Å²) in [5.74, 6) is -0.201. The Bertz CT molecular complexity index is 1950. The first kappa shape index (κ1) is 84.4. The van der Waals surface area contributed by atoms with Crippen molar-refractivity contribution in [1.82, 2.24) is 5.32 Å². The number of amides is 1. The van der Waals surface area contributed by atoms with Crippen LogP contribution in [0.3, 0.4) is 0 Å². The Morgan fingerprint density at radius 2 is 0.693 bits per heavy atom. The molecular formula is C79H138N2O6P+. The summed E-state index contributed by atoms with van der Waals surface area (Å²) in [6.45, 7) is 4.68. The van der Waals surface area contributed by atoms with Crippen LogP contribution in [0.25, 0.3) is 0 Å². The lowest BCUT2D eigenvalue weighted by Gasteiger charge is -2.25. The molecule has 3 unspecified atom stereocenters. The molecule has 3 N–H and O–H groups in total. The third-order valence-corrected chi connectivity index (χ3v) is 16.5. The molecule has 0 aromatic heterocycles. The zero-order valence-electron chi connectivity index (χ0n) is 57.7. The fraction of sp³-hybridized carbons (Fsp3) is 0.684. The molecule has 0 aliphatic heterocycles. The van der Waals surface area contributed by atoms with Gasteiger partial charge in [-0.3, -0.25) is 13.8 Å². The first-order chi connectivity index (χ1) is 43.0. The highest BCUT2D eigenvalue weighted by Gasteiger charge is 2.28. The number of nitrogens with zero attached hydrogens (tertiary/aromatic N) is 1. The number of carbonyl (C=O) groups excluding carboxylic acids is 1. The number of allylic oxidation sites excluding steroid dienone is 23. The molecule has 0 saturated carbocycles. The molecular weight excluding hydrogens is 1100 g/mol. The molecule has 0 heterocycles. The molecule has 0 fully saturated rings. The molecule has 0 rings (SSSR count). The monoisotopic (exact) mass is 1240 g/mol. The zero-order valence-corrected chi connectivity index (χ0v) is 58.6. The normalized spacial score (nSPS) is 14.5. The molecule has 9 heteroatoms. The molecule has 3 atom stereocenters. The summed E-state index contributed by atoms with van der Waals surface area (Å²) in [6, 6.07) is -0.886. The minimum atomic E-state index is -4.38. The van der Waals surface area contributed by atoms with E-state index in [1.54, 1.807) is 6.08 Å². The number of aliphatic hydroxyl groups is 1. The predicted octanol–water partition coefficient (Wildman–Crippen LogP) is 23.6. The summed E-state index contributed by atoms with van der Waals surface area (Å²) in [7, 11) is 1.53. The summed E-state index contributed by atoms with van der Waals surface area (Å²) in [6.07, 6.45) is 104. The van der Waals surface area contributed by atoms with E-state index in [0.717, 1.165) is 116 Å². The summed E-state index contributed by atoms with van der Waals surface area (Å²) >= 11 is 0. The third kappa shape index (κ3) is 69.8. The smallest absolute Gasteiger partial charge is 0.387 e. The Morgan fingerprint density at radius 1 is 0.398 bits per heavy atom. The third-order valence-electron chi connectivity index (χ3n) is 15.5. The summed E-state index contributed by atoms with van der Waals surface area (Å²) in [4.78, 5) is 23.4. The van der Waals surface area contributed by atoms with Gasteiger partial charge < -0.3 is 19.8 Å². The molecule has 504 valence electrons. The fourth-order valence-electron chi connectivity index (χ4n) is 9.95. The fourth-order valence-corrected chi connectivity index (χ4v) is 10.7. The molecule has 0 saturated heterocycles. The van der Waals surface area contributed by atoms with Gasteiger partial charge in [0.05, 0.1) is 39.9 Å². The van der Waals surface area contributed by atoms with Crippen molar-refractivity contribution < 1.29 is 32.9 Å². The number of aliphatic hydroxyl groups excluding tert-OH is 1. The van der Waals surface area contributed by atoms with Crippen molar-refractivity contribution in [2.45, 2.75) is 309 Å². The topological polar surface area (TPSA) is 105 Å². The molecule has 0 aliphatic rings. The second-order valence-electron chi connectivity index (χ2n) is 25.2. The molecule has 0 bridgehead atoms. The maximum atomic E-state index is 13.1. The van der Waals surface area contributed by atoms with E-state index in [1.165, 1.54) is 161 Å². The number of hydrogen-bond donors (Lipinski definition) is 3. The van der Waals surface area contributed by atoms with Crippen molar-refractivity contribution in [2.75, 3.05) is 40.9 Å². The van der Waals surface area contributed by atoms with Gasteiger partial charge in [-0.05, 0) is 116 Å². The van der Waals surface area contributed by atoms with Gasteiger partial charge in [-0.1, -0.05) is 320 Å². The van der Waals surface area contributed by atoms with Gasteiger partial charge >= 0.3 is 7.82 Å². The highest BCUT2D eigenvalue weighted by Crippen LogP contribution is 2.43. The Morgan fingerprint density at radius 3 is 1.05 bits per heavy atom. The molecule has 1 amide bonds. The first-order valence-corrected chi connectivity index (χ1v) is 37.7. The van der Waals surface area contributed by atoms with Crippen LogP contribution >= 0.6 is 7.82 Å². The lowest BCUT2D eigenvalue weighted by molar-refractivity contribution is -0.870. The lowest BCUT2D eigenvalue weighted by Crippen LogP contribution is -2.45. The van der Waals surface area contributed by atoms with Crippen molar-refractivity contribution in [1.29, 1.82) is 0 Å². The van der Waals surface area contributed by atoms with E-state index < -0.39 is 20.0 Å². The minimum Gasteiger partial charge on any atom is -0.387 e. The van der Waals surface area contributed by atoms with Crippen molar-refractivity contribution in [3.63, 3.8) is 0 Å². The van der Waals surface area contributed by atoms with Crippen LogP contribution in [-0.4, -0.2) is 73.4 Å². The number of quaternary nitrogens is 1. The van der Waals surface area contributed by atoms with Gasteiger partial charge in [0.1, 0.15) is 13.2 Å². The lowest BCUT2D eigenvalue weighted by atomic mass is 10.0. The second kappa shape index (κ2) is 67.8. The quantitative estimate of drug-likeness (QED) is 0.0243. The van der Waals surface area contributed by atoms with Gasteiger partial charge in [-0.15, -0.1) is 0 Å². The Hall–Kier alpha value is -3.62.